The third kappa shape index (κ3) is 1.42. The molecular weight excluding hydrogens is 196 g/mol. The van der Waals surface area contributed by atoms with Crippen LogP contribution in [0, 0.1) is 0 Å². The molecule has 14 heavy (non-hydrogen) atoms. The van der Waals surface area contributed by atoms with Crippen molar-refractivity contribution >= 4 is 0 Å². The number of nitrogens with two attached hydrogens (primary N) is 2. The Morgan fingerprint density at radius 2 is 1.64 bits per heavy atom. The van der Waals surface area contributed by atoms with Crippen LogP contribution in [0.3, 0.4) is 0 Å². The first-order valence-corrected chi connectivity index (χ1v) is 3.90. The number of ether oxygens (including phenoxy) is 1. The second kappa shape index (κ2) is 3.36. The van der Waals surface area contributed by atoms with Gasteiger partial charge in [0.15, 0.2) is 5.72 Å². The van der Waals surface area contributed by atoms with E-state index in [0.717, 1.165) is 0 Å². The third-order valence-electron chi connectivity index (χ3n) is 2.30. The van der Waals surface area contributed by atoms with E-state index in [0.29, 0.717) is 0 Å². The molecule has 0 spiro atoms. The van der Waals surface area contributed by atoms with Crippen molar-refractivity contribution in [2.24, 2.45) is 11.5 Å². The van der Waals surface area contributed by atoms with Gasteiger partial charge in [-0.25, -0.2) is 0 Å². The number of hydrogen-bond donors (Lipinski definition) is 7. The molecule has 0 aliphatic carbocycles. The Labute approximate surface area is 79.3 Å². The van der Waals surface area contributed by atoms with Gasteiger partial charge in [0, 0.05) is 0 Å². The van der Waals surface area contributed by atoms with Crippen molar-refractivity contribution < 1.29 is 30.3 Å². The fraction of sp³-hybridized carbons (Fsp3) is 1.00. The molecular formula is C6H14N2O6. The molecule has 5 unspecified atom stereocenters. The van der Waals surface area contributed by atoms with Crippen molar-refractivity contribution in [3.05, 3.63) is 0 Å². The summed E-state index contributed by atoms with van der Waals surface area (Å²) in [5.74, 6) is 0. The minimum Gasteiger partial charge on any atom is -0.394 e. The summed E-state index contributed by atoms with van der Waals surface area (Å²) in [6.07, 6.45) is -5.13. The Hall–Kier alpha value is -0.320. The van der Waals surface area contributed by atoms with Crippen LogP contribution < -0.4 is 11.5 Å². The first-order valence-electron chi connectivity index (χ1n) is 3.90. The molecule has 0 aromatic carbocycles. The van der Waals surface area contributed by atoms with Crippen LogP contribution in [-0.4, -0.2) is 62.1 Å². The van der Waals surface area contributed by atoms with E-state index in [1.54, 1.807) is 0 Å². The van der Waals surface area contributed by atoms with Crippen molar-refractivity contribution in [3.63, 3.8) is 0 Å². The van der Waals surface area contributed by atoms with Crippen molar-refractivity contribution in [1.82, 2.24) is 0 Å². The summed E-state index contributed by atoms with van der Waals surface area (Å²) in [5, 5.41) is 46.0. The van der Waals surface area contributed by atoms with E-state index in [9.17, 15) is 15.3 Å². The highest BCUT2D eigenvalue weighted by molar-refractivity contribution is 5.04. The summed E-state index contributed by atoms with van der Waals surface area (Å²) in [4.78, 5) is 0. The van der Waals surface area contributed by atoms with Crippen LogP contribution in [0.4, 0.5) is 0 Å². The first kappa shape index (κ1) is 11.8. The molecule has 84 valence electrons. The standard InChI is InChI=1S/C6H14N2O6/c7-5(12)3(10)2(1-9)14-4(11)6(5,8)13/h2-4,9-13H,1,7-8H2. The minimum atomic E-state index is -2.71. The molecule has 1 fully saturated rings. The highest BCUT2D eigenvalue weighted by atomic mass is 16.6. The summed E-state index contributed by atoms with van der Waals surface area (Å²) >= 11 is 0. The van der Waals surface area contributed by atoms with Gasteiger partial charge >= 0.3 is 0 Å². The molecule has 1 saturated heterocycles. The molecule has 9 N–H and O–H groups in total. The maximum absolute atomic E-state index is 9.44. The molecule has 8 heteroatoms. The summed E-state index contributed by atoms with van der Waals surface area (Å²) in [7, 11) is 0. The second-order valence-corrected chi connectivity index (χ2v) is 3.30. The van der Waals surface area contributed by atoms with Gasteiger partial charge < -0.3 is 30.3 Å². The fourth-order valence-electron chi connectivity index (χ4n) is 1.20. The van der Waals surface area contributed by atoms with Gasteiger partial charge in [-0.3, -0.25) is 11.5 Å². The average Bonchev–Trinajstić information content (AvgIpc) is 2.10. The minimum absolute atomic E-state index is 0.687. The van der Waals surface area contributed by atoms with Gasteiger partial charge in [-0.15, -0.1) is 0 Å². The van der Waals surface area contributed by atoms with Gasteiger partial charge in [0.05, 0.1) is 6.61 Å². The molecule has 5 atom stereocenters. The van der Waals surface area contributed by atoms with Gasteiger partial charge in [-0.05, 0) is 0 Å². The van der Waals surface area contributed by atoms with E-state index >= 15 is 0 Å². The zero-order valence-electron chi connectivity index (χ0n) is 7.24. The Morgan fingerprint density at radius 3 is 2.07 bits per heavy atom. The highest BCUT2D eigenvalue weighted by Crippen LogP contribution is 2.29. The predicted octanol–water partition coefficient (Wildman–Crippen LogP) is -4.65. The Bertz CT molecular complexity index is 220. The second-order valence-electron chi connectivity index (χ2n) is 3.30. The zero-order chi connectivity index (χ0) is 11.1. The topological polar surface area (TPSA) is 162 Å². The Morgan fingerprint density at radius 1 is 1.14 bits per heavy atom. The van der Waals surface area contributed by atoms with Gasteiger partial charge in [0.1, 0.15) is 12.2 Å². The lowest BCUT2D eigenvalue weighted by molar-refractivity contribution is -0.362. The summed E-state index contributed by atoms with van der Waals surface area (Å²) in [5.41, 5.74) is 4.83. The number of hydrogen-bond acceptors (Lipinski definition) is 8. The number of aliphatic hydroxyl groups excluding tert-OH is 3. The van der Waals surface area contributed by atoms with E-state index < -0.39 is 36.6 Å². The molecule has 0 bridgehead atoms. The quantitative estimate of drug-likeness (QED) is 0.212. The maximum atomic E-state index is 9.44. The highest BCUT2D eigenvalue weighted by Gasteiger charge is 2.61. The lowest BCUT2D eigenvalue weighted by Crippen LogP contribution is -2.82. The third-order valence-corrected chi connectivity index (χ3v) is 2.30. The van der Waals surface area contributed by atoms with Crippen LogP contribution in [0.1, 0.15) is 0 Å². The molecule has 0 amide bonds. The fourth-order valence-corrected chi connectivity index (χ4v) is 1.20. The molecule has 1 aliphatic heterocycles. The van der Waals surface area contributed by atoms with Crippen LogP contribution in [0.5, 0.6) is 0 Å². The summed E-state index contributed by atoms with van der Waals surface area (Å²) in [6, 6.07) is 0. The Balaban J connectivity index is 2.98. The molecule has 0 saturated carbocycles. The van der Waals surface area contributed by atoms with Crippen LogP contribution in [0.25, 0.3) is 0 Å². The number of rotatable bonds is 1. The Kier molecular flexibility index (Phi) is 2.82. The van der Waals surface area contributed by atoms with Crippen molar-refractivity contribution in [2.45, 2.75) is 29.9 Å². The number of aliphatic hydroxyl groups is 5. The van der Waals surface area contributed by atoms with Gasteiger partial charge in [-0.1, -0.05) is 0 Å². The molecule has 1 rings (SSSR count). The van der Waals surface area contributed by atoms with Crippen molar-refractivity contribution in [3.8, 4) is 0 Å². The molecule has 1 aliphatic rings. The van der Waals surface area contributed by atoms with Crippen LogP contribution in [0.2, 0.25) is 0 Å². The first-order chi connectivity index (χ1) is 6.25. The smallest absolute Gasteiger partial charge is 0.211 e. The largest absolute Gasteiger partial charge is 0.394 e. The molecule has 1 heterocycles. The van der Waals surface area contributed by atoms with Crippen LogP contribution >= 0.6 is 0 Å². The molecule has 0 radical (unpaired) electrons. The van der Waals surface area contributed by atoms with E-state index in [2.05, 4.69) is 4.74 Å². The van der Waals surface area contributed by atoms with Crippen molar-refractivity contribution in [2.75, 3.05) is 6.61 Å². The van der Waals surface area contributed by atoms with Crippen molar-refractivity contribution in [1.29, 1.82) is 0 Å². The van der Waals surface area contributed by atoms with Crippen LogP contribution in [-0.2, 0) is 4.74 Å². The van der Waals surface area contributed by atoms with Crippen LogP contribution in [0.15, 0.2) is 0 Å². The summed E-state index contributed by atoms with van der Waals surface area (Å²) < 4.78 is 4.54. The van der Waals surface area contributed by atoms with E-state index in [-0.39, 0.29) is 0 Å². The summed E-state index contributed by atoms with van der Waals surface area (Å²) in [6.45, 7) is -0.687. The lowest BCUT2D eigenvalue weighted by atomic mass is 9.88. The molecule has 0 aromatic rings. The van der Waals surface area contributed by atoms with E-state index in [1.165, 1.54) is 0 Å². The maximum Gasteiger partial charge on any atom is 0.211 e. The van der Waals surface area contributed by atoms with E-state index in [1.807, 2.05) is 0 Å². The van der Waals surface area contributed by atoms with Gasteiger partial charge in [-0.2, -0.15) is 0 Å². The average molecular weight is 210 g/mol. The predicted molar refractivity (Wildman–Crippen MR) is 42.2 cm³/mol. The van der Waals surface area contributed by atoms with Gasteiger partial charge in [0.2, 0.25) is 12.0 Å². The SMILES string of the molecule is NC1(O)C(O)OC(CO)C(O)C1(N)O. The van der Waals surface area contributed by atoms with E-state index in [4.69, 9.17) is 21.7 Å². The zero-order valence-corrected chi connectivity index (χ0v) is 7.24. The molecule has 0 aromatic heterocycles. The monoisotopic (exact) mass is 210 g/mol. The molecule has 8 nitrogen and oxygen atoms in total. The lowest BCUT2D eigenvalue weighted by Gasteiger charge is -2.49. The normalized spacial score (nSPS) is 54.6. The van der Waals surface area contributed by atoms with Gasteiger partial charge in [0.25, 0.3) is 0 Å².